The van der Waals surface area contributed by atoms with Crippen molar-refractivity contribution in [3.8, 4) is 17.2 Å². The minimum Gasteiger partial charge on any atom is -0.454 e. The van der Waals surface area contributed by atoms with Crippen LogP contribution in [-0.4, -0.2) is 40.4 Å². The molecule has 0 saturated carbocycles. The molecular formula is C34H25N3O5S. The summed E-state index contributed by atoms with van der Waals surface area (Å²) < 4.78 is 5.29. The number of carbonyl (C=O) groups excluding carboxylic acids is 4. The molecule has 2 amide bonds. The number of pyridine rings is 1. The van der Waals surface area contributed by atoms with Crippen molar-refractivity contribution in [1.82, 2.24) is 4.98 Å². The van der Waals surface area contributed by atoms with Crippen molar-refractivity contribution in [2.75, 3.05) is 11.5 Å². The summed E-state index contributed by atoms with van der Waals surface area (Å²) in [5.41, 5.74) is 7.41. The van der Waals surface area contributed by atoms with Gasteiger partial charge in [0.15, 0.2) is 12.4 Å². The molecule has 8 nitrogen and oxygen atoms in total. The molecular weight excluding hydrogens is 562 g/mol. The third-order valence-electron chi connectivity index (χ3n) is 7.59. The Labute approximate surface area is 252 Å². The van der Waals surface area contributed by atoms with Gasteiger partial charge in [0.2, 0.25) is 11.8 Å². The van der Waals surface area contributed by atoms with Crippen LogP contribution in [-0.2, 0) is 20.7 Å². The van der Waals surface area contributed by atoms with Crippen molar-refractivity contribution >= 4 is 41.0 Å². The number of hydrogen-bond donors (Lipinski definition) is 0. The van der Waals surface area contributed by atoms with Crippen LogP contribution in [0, 0.1) is 25.2 Å². The highest BCUT2D eigenvalue weighted by Gasteiger charge is 2.41. The molecule has 0 bridgehead atoms. The Morgan fingerprint density at radius 1 is 0.977 bits per heavy atom. The van der Waals surface area contributed by atoms with Crippen LogP contribution < -0.4 is 4.90 Å². The number of Topliss-reactive ketones (excluding diaryl/α,β-unsaturated/α-hetero) is 1. The molecule has 2 heterocycles. The zero-order chi connectivity index (χ0) is 30.2. The molecule has 0 spiro atoms. The van der Waals surface area contributed by atoms with Crippen LogP contribution in [0.25, 0.3) is 11.1 Å². The van der Waals surface area contributed by atoms with E-state index in [1.165, 1.54) is 35.4 Å². The number of thioether (sulfide) groups is 1. The van der Waals surface area contributed by atoms with Crippen molar-refractivity contribution in [3.63, 3.8) is 0 Å². The lowest BCUT2D eigenvalue weighted by Gasteiger charge is -2.16. The predicted octanol–water partition coefficient (Wildman–Crippen LogP) is 5.61. The second-order valence-corrected chi connectivity index (χ2v) is 11.7. The van der Waals surface area contributed by atoms with Gasteiger partial charge in [-0.3, -0.25) is 14.4 Å². The number of aromatic nitrogens is 1. The van der Waals surface area contributed by atoms with E-state index in [9.17, 15) is 24.4 Å². The second-order valence-electron chi connectivity index (χ2n) is 10.5. The summed E-state index contributed by atoms with van der Waals surface area (Å²) in [5, 5.41) is 9.25. The highest BCUT2D eigenvalue weighted by molar-refractivity contribution is 8.00. The number of aryl methyl sites for hydroxylation is 2. The number of ketones is 1. The van der Waals surface area contributed by atoms with E-state index in [0.717, 1.165) is 45.5 Å². The number of benzene rings is 3. The van der Waals surface area contributed by atoms with Crippen LogP contribution in [0.5, 0.6) is 0 Å². The molecule has 0 N–H and O–H groups in total. The fourth-order valence-electron chi connectivity index (χ4n) is 5.49. The van der Waals surface area contributed by atoms with Crippen LogP contribution in [0.2, 0.25) is 0 Å². The summed E-state index contributed by atoms with van der Waals surface area (Å²) in [6, 6.07) is 23.5. The Morgan fingerprint density at radius 3 is 2.47 bits per heavy atom. The molecule has 1 aliphatic carbocycles. The van der Waals surface area contributed by atoms with E-state index in [-0.39, 0.29) is 23.7 Å². The Morgan fingerprint density at radius 2 is 1.70 bits per heavy atom. The smallest absolute Gasteiger partial charge is 0.338 e. The minimum absolute atomic E-state index is 0.0380. The van der Waals surface area contributed by atoms with Gasteiger partial charge in [-0.05, 0) is 84.5 Å². The molecule has 6 rings (SSSR count). The van der Waals surface area contributed by atoms with Crippen LogP contribution >= 0.6 is 11.8 Å². The van der Waals surface area contributed by atoms with Gasteiger partial charge in [-0.2, -0.15) is 5.26 Å². The minimum atomic E-state index is -0.725. The summed E-state index contributed by atoms with van der Waals surface area (Å²) in [7, 11) is 0. The summed E-state index contributed by atoms with van der Waals surface area (Å²) >= 11 is 1.11. The molecule has 1 fully saturated rings. The molecule has 1 unspecified atom stereocenters. The Kier molecular flexibility index (Phi) is 7.38. The van der Waals surface area contributed by atoms with E-state index < -0.39 is 23.7 Å². The van der Waals surface area contributed by atoms with Crippen LogP contribution in [0.1, 0.15) is 55.1 Å². The largest absolute Gasteiger partial charge is 0.454 e. The van der Waals surface area contributed by atoms with Crippen molar-refractivity contribution in [3.05, 3.63) is 112 Å². The van der Waals surface area contributed by atoms with Gasteiger partial charge >= 0.3 is 5.97 Å². The molecule has 1 saturated heterocycles. The number of amides is 2. The molecule has 212 valence electrons. The number of fused-ring (bicyclic) bond motifs is 3. The van der Waals surface area contributed by atoms with Crippen LogP contribution in [0.15, 0.2) is 77.8 Å². The van der Waals surface area contributed by atoms with E-state index in [2.05, 4.69) is 23.2 Å². The van der Waals surface area contributed by atoms with Gasteiger partial charge in [-0.1, -0.05) is 48.2 Å². The number of ether oxygens (including phenoxy) is 1. The SMILES string of the molecule is Cc1cc(C)c(C#N)c(SC2CC(=O)N(c3ccc(C(=O)OCC(=O)c4ccc5c(c4)Cc4ccccc4-5)cc3)C2=O)n1. The first-order valence-electron chi connectivity index (χ1n) is 13.7. The third-order valence-corrected chi connectivity index (χ3v) is 8.77. The standard InChI is InChI=1S/C34H25N3O5S/c1-19-13-20(2)36-32(28(19)17-35)43-30-16-31(39)37(33(30)40)25-10-7-21(8-11-25)34(41)42-18-29(38)23-9-12-27-24(15-23)14-22-5-3-4-6-26(22)27/h3-13,15,30H,14,16,18H2,1-2H3. The lowest BCUT2D eigenvalue weighted by atomic mass is 10.0. The van der Waals surface area contributed by atoms with E-state index in [1.807, 2.05) is 24.3 Å². The molecule has 2 aliphatic rings. The summed E-state index contributed by atoms with van der Waals surface area (Å²) in [6.45, 7) is 3.20. The Balaban J connectivity index is 1.09. The maximum atomic E-state index is 13.2. The monoisotopic (exact) mass is 587 g/mol. The topological polar surface area (TPSA) is 117 Å². The zero-order valence-corrected chi connectivity index (χ0v) is 24.2. The molecule has 3 aromatic carbocycles. The molecule has 4 aromatic rings. The number of rotatable bonds is 7. The normalized spacial score (nSPS) is 15.2. The van der Waals surface area contributed by atoms with Crippen LogP contribution in [0.3, 0.4) is 0 Å². The van der Waals surface area contributed by atoms with Crippen LogP contribution in [0.4, 0.5) is 5.69 Å². The summed E-state index contributed by atoms with van der Waals surface area (Å²) in [4.78, 5) is 57.0. The average molecular weight is 588 g/mol. The number of carbonyl (C=O) groups is 4. The number of imide groups is 1. The van der Waals surface area contributed by atoms with E-state index in [4.69, 9.17) is 4.74 Å². The molecule has 1 aliphatic heterocycles. The highest BCUT2D eigenvalue weighted by atomic mass is 32.2. The van der Waals surface area contributed by atoms with Crippen molar-refractivity contribution in [2.24, 2.45) is 0 Å². The zero-order valence-electron chi connectivity index (χ0n) is 23.4. The van der Waals surface area contributed by atoms with Gasteiger partial charge in [-0.15, -0.1) is 0 Å². The van der Waals surface area contributed by atoms with Crippen molar-refractivity contribution in [2.45, 2.75) is 37.0 Å². The van der Waals surface area contributed by atoms with Crippen molar-refractivity contribution in [1.29, 1.82) is 5.26 Å². The molecule has 0 radical (unpaired) electrons. The summed E-state index contributed by atoms with van der Waals surface area (Å²) in [5.74, 6) is -1.80. The van der Waals surface area contributed by atoms with Gasteiger partial charge in [0.1, 0.15) is 11.1 Å². The Hall–Kier alpha value is -5.07. The number of nitriles is 1. The first kappa shape index (κ1) is 28.1. The quantitative estimate of drug-likeness (QED) is 0.137. The average Bonchev–Trinajstić information content (AvgIpc) is 3.50. The first-order valence-corrected chi connectivity index (χ1v) is 14.5. The van der Waals surface area contributed by atoms with Gasteiger partial charge in [-0.25, -0.2) is 14.7 Å². The van der Waals surface area contributed by atoms with Gasteiger partial charge < -0.3 is 4.74 Å². The Bertz CT molecular complexity index is 1880. The van der Waals surface area contributed by atoms with Crippen molar-refractivity contribution < 1.29 is 23.9 Å². The molecule has 1 aromatic heterocycles. The van der Waals surface area contributed by atoms with Gasteiger partial charge in [0, 0.05) is 17.7 Å². The number of anilines is 1. The molecule has 1 atom stereocenters. The highest BCUT2D eigenvalue weighted by Crippen LogP contribution is 2.37. The van der Waals surface area contributed by atoms with Gasteiger partial charge in [0.05, 0.1) is 22.1 Å². The molecule has 43 heavy (non-hydrogen) atoms. The van der Waals surface area contributed by atoms with E-state index in [0.29, 0.717) is 21.8 Å². The predicted molar refractivity (Wildman–Crippen MR) is 161 cm³/mol. The molecule has 9 heteroatoms. The fourth-order valence-corrected chi connectivity index (χ4v) is 6.71. The lowest BCUT2D eigenvalue weighted by Crippen LogP contribution is -2.31. The lowest BCUT2D eigenvalue weighted by molar-refractivity contribution is -0.121. The maximum absolute atomic E-state index is 13.2. The summed E-state index contributed by atoms with van der Waals surface area (Å²) in [6.07, 6.45) is 0.716. The fraction of sp³-hybridized carbons (Fsp3) is 0.176. The number of nitrogens with zero attached hydrogens (tertiary/aromatic N) is 3. The van der Waals surface area contributed by atoms with E-state index >= 15 is 0 Å². The maximum Gasteiger partial charge on any atom is 0.338 e. The van der Waals surface area contributed by atoms with Gasteiger partial charge in [0.25, 0.3) is 0 Å². The number of esters is 1. The van der Waals surface area contributed by atoms with E-state index in [1.54, 1.807) is 26.0 Å². The third kappa shape index (κ3) is 5.33. The second kappa shape index (κ2) is 11.3. The first-order chi connectivity index (χ1) is 20.7. The number of hydrogen-bond acceptors (Lipinski definition) is 8.